The van der Waals surface area contributed by atoms with Gasteiger partial charge in [0.15, 0.2) is 0 Å². The van der Waals surface area contributed by atoms with Gasteiger partial charge in [-0.3, -0.25) is 4.90 Å². The Bertz CT molecular complexity index is 505. The van der Waals surface area contributed by atoms with E-state index in [1.54, 1.807) is 0 Å². The Morgan fingerprint density at radius 3 is 2.39 bits per heavy atom. The summed E-state index contributed by atoms with van der Waals surface area (Å²) >= 11 is 0. The van der Waals surface area contributed by atoms with Crippen molar-refractivity contribution in [1.82, 2.24) is 9.80 Å². The Morgan fingerprint density at radius 1 is 1.04 bits per heavy atom. The largest absolute Gasteiger partial charge is 0.390 e. The number of aryl methyl sites for hydroxylation is 1. The van der Waals surface area contributed by atoms with Crippen LogP contribution in [0.25, 0.3) is 0 Å². The van der Waals surface area contributed by atoms with Crippen LogP contribution >= 0.6 is 0 Å². The molecule has 2 atom stereocenters. The van der Waals surface area contributed by atoms with Crippen molar-refractivity contribution in [1.29, 1.82) is 0 Å². The third-order valence-corrected chi connectivity index (χ3v) is 5.55. The minimum absolute atomic E-state index is 0.573. The molecule has 1 N–H and O–H groups in total. The van der Waals surface area contributed by atoms with Crippen molar-refractivity contribution in [3.05, 3.63) is 35.4 Å². The number of fused-ring (bicyclic) bond motifs is 2. The lowest BCUT2D eigenvalue weighted by Crippen LogP contribution is -2.37. The van der Waals surface area contributed by atoms with Crippen LogP contribution in [0.15, 0.2) is 24.3 Å². The summed E-state index contributed by atoms with van der Waals surface area (Å²) in [5, 5.41) is 9.85. The van der Waals surface area contributed by atoms with Gasteiger partial charge in [-0.05, 0) is 70.7 Å². The summed E-state index contributed by atoms with van der Waals surface area (Å²) in [5.74, 6) is 0. The topological polar surface area (TPSA) is 26.7 Å². The van der Waals surface area contributed by atoms with E-state index < -0.39 is 5.60 Å². The number of likely N-dealkylation sites (N-methyl/N-ethyl adjacent to an activating group) is 1. The summed E-state index contributed by atoms with van der Waals surface area (Å²) in [4.78, 5) is 5.24. The first kappa shape index (κ1) is 16.9. The molecule has 0 aromatic heterocycles. The van der Waals surface area contributed by atoms with E-state index in [0.717, 1.165) is 31.5 Å². The van der Waals surface area contributed by atoms with Gasteiger partial charge in [0.1, 0.15) is 0 Å². The van der Waals surface area contributed by atoms with E-state index in [-0.39, 0.29) is 0 Å². The van der Waals surface area contributed by atoms with Gasteiger partial charge in [-0.15, -0.1) is 0 Å². The molecule has 2 aliphatic heterocycles. The molecule has 1 aromatic carbocycles. The van der Waals surface area contributed by atoms with E-state index in [1.165, 1.54) is 43.5 Å². The van der Waals surface area contributed by atoms with Crippen molar-refractivity contribution in [3.63, 3.8) is 0 Å². The molecule has 0 saturated carbocycles. The maximum absolute atomic E-state index is 9.85. The average molecular weight is 316 g/mol. The van der Waals surface area contributed by atoms with Crippen LogP contribution in [0.5, 0.6) is 0 Å². The van der Waals surface area contributed by atoms with Crippen LogP contribution < -0.4 is 0 Å². The minimum Gasteiger partial charge on any atom is -0.390 e. The zero-order valence-corrected chi connectivity index (χ0v) is 15.0. The van der Waals surface area contributed by atoms with E-state index in [2.05, 4.69) is 41.1 Å². The highest BCUT2D eigenvalue weighted by Gasteiger charge is 2.36. The fraction of sp³-hybridized carbons (Fsp3) is 0.700. The maximum atomic E-state index is 9.85. The molecule has 23 heavy (non-hydrogen) atoms. The molecule has 2 bridgehead atoms. The molecule has 2 saturated heterocycles. The molecule has 2 aliphatic rings. The van der Waals surface area contributed by atoms with Crippen molar-refractivity contribution in [3.8, 4) is 0 Å². The van der Waals surface area contributed by atoms with Crippen LogP contribution in [0.3, 0.4) is 0 Å². The van der Waals surface area contributed by atoms with Crippen molar-refractivity contribution < 1.29 is 5.11 Å². The molecule has 3 rings (SSSR count). The van der Waals surface area contributed by atoms with Crippen LogP contribution in [0.2, 0.25) is 0 Å². The highest BCUT2D eigenvalue weighted by molar-refractivity contribution is 5.23. The van der Waals surface area contributed by atoms with Crippen LogP contribution in [0.1, 0.15) is 50.7 Å². The van der Waals surface area contributed by atoms with Gasteiger partial charge in [0.05, 0.1) is 5.60 Å². The molecule has 3 nitrogen and oxygen atoms in total. The van der Waals surface area contributed by atoms with Crippen molar-refractivity contribution in [2.24, 2.45) is 0 Å². The van der Waals surface area contributed by atoms with Crippen LogP contribution in [0, 0.1) is 0 Å². The second kappa shape index (κ2) is 6.92. The number of likely N-dealkylation sites (tertiary alicyclic amines) is 1. The van der Waals surface area contributed by atoms with E-state index in [0.29, 0.717) is 0 Å². The van der Waals surface area contributed by atoms with Gasteiger partial charge in [0.2, 0.25) is 0 Å². The number of benzene rings is 1. The Labute approximate surface area is 141 Å². The number of aliphatic hydroxyl groups is 1. The van der Waals surface area contributed by atoms with Crippen LogP contribution in [0.4, 0.5) is 0 Å². The number of hydrogen-bond acceptors (Lipinski definition) is 3. The monoisotopic (exact) mass is 316 g/mol. The quantitative estimate of drug-likeness (QED) is 0.904. The molecule has 0 amide bonds. The van der Waals surface area contributed by atoms with Gasteiger partial charge in [0, 0.05) is 25.2 Å². The summed E-state index contributed by atoms with van der Waals surface area (Å²) in [5.41, 5.74) is 2.18. The maximum Gasteiger partial charge on any atom is 0.0594 e. The van der Waals surface area contributed by atoms with Crippen molar-refractivity contribution in [2.45, 2.75) is 70.2 Å². The molecule has 3 heteroatoms. The Morgan fingerprint density at radius 2 is 1.70 bits per heavy atom. The fourth-order valence-electron chi connectivity index (χ4n) is 4.07. The van der Waals surface area contributed by atoms with Gasteiger partial charge in [-0.2, -0.15) is 0 Å². The van der Waals surface area contributed by atoms with E-state index in [4.69, 9.17) is 0 Å². The summed E-state index contributed by atoms with van der Waals surface area (Å²) in [6.07, 6.45) is 5.82. The molecule has 128 valence electrons. The molecule has 2 fully saturated rings. The summed E-state index contributed by atoms with van der Waals surface area (Å²) in [6, 6.07) is 10.6. The summed E-state index contributed by atoms with van der Waals surface area (Å²) in [7, 11) is 2.26. The van der Waals surface area contributed by atoms with Crippen molar-refractivity contribution >= 4 is 0 Å². The molecule has 0 radical (unpaired) electrons. The first-order valence-electron chi connectivity index (χ1n) is 9.15. The van der Waals surface area contributed by atoms with E-state index in [9.17, 15) is 5.11 Å². The minimum atomic E-state index is -0.573. The first-order chi connectivity index (χ1) is 10.9. The van der Waals surface area contributed by atoms with Gasteiger partial charge in [0.25, 0.3) is 0 Å². The molecule has 0 aliphatic carbocycles. The van der Waals surface area contributed by atoms with Crippen molar-refractivity contribution in [2.75, 3.05) is 20.1 Å². The predicted molar refractivity (Wildman–Crippen MR) is 95.5 cm³/mol. The normalized spacial score (nSPS) is 26.4. The lowest BCUT2D eigenvalue weighted by Gasteiger charge is -2.28. The lowest BCUT2D eigenvalue weighted by molar-refractivity contribution is 0.0714. The summed E-state index contributed by atoms with van der Waals surface area (Å²) < 4.78 is 0. The lowest BCUT2D eigenvalue weighted by atomic mass is 9.98. The number of nitrogens with zero attached hydrogens (tertiary/aromatic N) is 2. The van der Waals surface area contributed by atoms with Gasteiger partial charge < -0.3 is 10.0 Å². The predicted octanol–water partition coefficient (Wildman–Crippen LogP) is 3.06. The highest BCUT2D eigenvalue weighted by Crippen LogP contribution is 2.31. The SMILES string of the molecule is CN1CC[C@H]2CC[C@@H](C1)N2Cc1ccc(CCC(C)(C)O)cc1. The third-order valence-electron chi connectivity index (χ3n) is 5.55. The fourth-order valence-corrected chi connectivity index (χ4v) is 4.07. The smallest absolute Gasteiger partial charge is 0.0594 e. The standard InChI is InChI=1S/C20H32N2O/c1-20(2,23)12-10-16-4-6-17(7-5-16)14-22-18-8-9-19(22)15-21(3)13-11-18/h4-7,18-19,23H,8-15H2,1-3H3/t18-,19+/m1/s1. The van der Waals surface area contributed by atoms with Crippen LogP contribution in [-0.2, 0) is 13.0 Å². The zero-order chi connectivity index (χ0) is 16.4. The van der Waals surface area contributed by atoms with Gasteiger partial charge >= 0.3 is 0 Å². The molecular formula is C20H32N2O. The Kier molecular flexibility index (Phi) is 5.10. The summed E-state index contributed by atoms with van der Waals surface area (Å²) in [6.45, 7) is 7.32. The van der Waals surface area contributed by atoms with E-state index >= 15 is 0 Å². The average Bonchev–Trinajstić information content (AvgIpc) is 2.77. The Hall–Kier alpha value is -0.900. The number of hydrogen-bond donors (Lipinski definition) is 1. The van der Waals surface area contributed by atoms with E-state index in [1.807, 2.05) is 13.8 Å². The molecule has 1 aromatic rings. The second-order valence-electron chi connectivity index (χ2n) is 8.24. The van der Waals surface area contributed by atoms with Gasteiger partial charge in [-0.25, -0.2) is 0 Å². The molecular weight excluding hydrogens is 284 g/mol. The number of rotatable bonds is 5. The van der Waals surface area contributed by atoms with Crippen LogP contribution in [-0.4, -0.2) is 52.7 Å². The Balaban J connectivity index is 1.60. The highest BCUT2D eigenvalue weighted by atomic mass is 16.3. The molecule has 0 unspecified atom stereocenters. The molecule has 2 heterocycles. The first-order valence-corrected chi connectivity index (χ1v) is 9.15. The van der Waals surface area contributed by atoms with Gasteiger partial charge in [-0.1, -0.05) is 24.3 Å². The molecule has 0 spiro atoms. The zero-order valence-electron chi connectivity index (χ0n) is 15.0. The third kappa shape index (κ3) is 4.56. The second-order valence-corrected chi connectivity index (χ2v) is 8.24.